The van der Waals surface area contributed by atoms with Gasteiger partial charge in [-0.2, -0.15) is 0 Å². The first-order chi connectivity index (χ1) is 16.9. The number of rotatable bonds is 6. The molecule has 7 nitrogen and oxygen atoms in total. The van der Waals surface area contributed by atoms with E-state index in [1.165, 1.54) is 18.4 Å². The minimum absolute atomic E-state index is 0.151. The van der Waals surface area contributed by atoms with Crippen molar-refractivity contribution in [2.75, 3.05) is 19.0 Å². The van der Waals surface area contributed by atoms with Gasteiger partial charge in [0.1, 0.15) is 0 Å². The Morgan fingerprint density at radius 1 is 1.17 bits per heavy atom. The van der Waals surface area contributed by atoms with E-state index in [9.17, 15) is 9.59 Å². The number of para-hydroxylation sites is 2. The van der Waals surface area contributed by atoms with E-state index in [4.69, 9.17) is 21.1 Å². The smallest absolute Gasteiger partial charge is 0.274 e. The Labute approximate surface area is 209 Å². The molecule has 0 fully saturated rings. The average Bonchev–Trinajstić information content (AvgIpc) is 3.35. The zero-order chi connectivity index (χ0) is 24.5. The molecule has 0 atom stereocenters. The Morgan fingerprint density at radius 2 is 1.94 bits per heavy atom. The van der Waals surface area contributed by atoms with Gasteiger partial charge in [0.05, 0.1) is 27.7 Å². The number of amides is 1. The third-order valence-corrected chi connectivity index (χ3v) is 6.63. The lowest BCUT2D eigenvalue weighted by Gasteiger charge is -2.13. The van der Waals surface area contributed by atoms with Crippen molar-refractivity contribution in [1.29, 1.82) is 0 Å². The molecule has 0 saturated carbocycles. The fourth-order valence-corrected chi connectivity index (χ4v) is 4.96. The van der Waals surface area contributed by atoms with Crippen molar-refractivity contribution in [2.24, 2.45) is 0 Å². The lowest BCUT2D eigenvalue weighted by atomic mass is 10.2. The van der Waals surface area contributed by atoms with Gasteiger partial charge in [-0.25, -0.2) is 9.38 Å². The number of hydrogen-bond donors (Lipinski definition) is 1. The summed E-state index contributed by atoms with van der Waals surface area (Å²) >= 11 is 7.77. The standard InChI is InChI=1S/C26H20ClN3O4S/c1-15-7-9-17(10-8-15)28-23(31)14-34-24-18(27)11-16(12-21(24)33-2)13-22-25(32)30-20-6-4-3-5-19(20)29-26(30)35-22/h3-13H,14H2,1-2H3,(H,28,31)/b22-13-. The lowest BCUT2D eigenvalue weighted by molar-refractivity contribution is -0.118. The highest BCUT2D eigenvalue weighted by Gasteiger charge is 2.15. The van der Waals surface area contributed by atoms with Crippen LogP contribution in [-0.2, 0) is 4.79 Å². The number of nitrogens with zero attached hydrogens (tertiary/aromatic N) is 2. The highest BCUT2D eigenvalue weighted by atomic mass is 35.5. The van der Waals surface area contributed by atoms with Crippen LogP contribution in [-0.4, -0.2) is 29.0 Å². The quantitative estimate of drug-likeness (QED) is 0.369. The fraction of sp³-hybridized carbons (Fsp3) is 0.115. The van der Waals surface area contributed by atoms with Crippen LogP contribution in [0.3, 0.4) is 0 Å². The summed E-state index contributed by atoms with van der Waals surface area (Å²) in [6.45, 7) is 1.73. The maximum Gasteiger partial charge on any atom is 0.274 e. The summed E-state index contributed by atoms with van der Waals surface area (Å²) in [6, 6.07) is 18.3. The molecule has 3 aromatic carbocycles. The summed E-state index contributed by atoms with van der Waals surface area (Å²) in [5.74, 6) is 0.276. The van der Waals surface area contributed by atoms with Crippen molar-refractivity contribution >= 4 is 56.6 Å². The summed E-state index contributed by atoms with van der Waals surface area (Å²) in [5.41, 5.74) is 3.83. The normalized spacial score (nSPS) is 11.8. The number of carbonyl (C=O) groups excluding carboxylic acids is 1. The highest BCUT2D eigenvalue weighted by Crippen LogP contribution is 2.36. The van der Waals surface area contributed by atoms with E-state index in [0.717, 1.165) is 16.6 Å². The summed E-state index contributed by atoms with van der Waals surface area (Å²) in [4.78, 5) is 30.5. The first-order valence-corrected chi connectivity index (χ1v) is 11.9. The first kappa shape index (κ1) is 22.9. The molecule has 2 aromatic heterocycles. The average molecular weight is 506 g/mol. The molecule has 1 N–H and O–H groups in total. The number of benzene rings is 3. The number of hydrogen-bond acceptors (Lipinski definition) is 6. The zero-order valence-electron chi connectivity index (χ0n) is 18.9. The number of carbonyl (C=O) groups is 1. The van der Waals surface area contributed by atoms with Gasteiger partial charge < -0.3 is 14.8 Å². The molecule has 5 aromatic rings. The Hall–Kier alpha value is -3.88. The molecule has 1 amide bonds. The third-order valence-electron chi connectivity index (χ3n) is 5.38. The predicted octanol–water partition coefficient (Wildman–Crippen LogP) is 4.44. The molecule has 35 heavy (non-hydrogen) atoms. The Balaban J connectivity index is 1.40. The molecular weight excluding hydrogens is 486 g/mol. The number of nitrogens with one attached hydrogen (secondary N) is 1. The highest BCUT2D eigenvalue weighted by molar-refractivity contribution is 7.15. The number of aromatic nitrogens is 2. The molecule has 9 heteroatoms. The second-order valence-electron chi connectivity index (χ2n) is 7.87. The van der Waals surface area contributed by atoms with Crippen molar-refractivity contribution in [3.63, 3.8) is 0 Å². The van der Waals surface area contributed by atoms with Gasteiger partial charge in [-0.3, -0.25) is 9.59 Å². The number of imidazole rings is 1. The molecule has 0 radical (unpaired) electrons. The molecule has 0 bridgehead atoms. The number of anilines is 1. The minimum Gasteiger partial charge on any atom is -0.493 e. The van der Waals surface area contributed by atoms with Crippen molar-refractivity contribution in [1.82, 2.24) is 9.38 Å². The van der Waals surface area contributed by atoms with Gasteiger partial charge in [-0.1, -0.05) is 52.8 Å². The van der Waals surface area contributed by atoms with E-state index in [0.29, 0.717) is 26.5 Å². The zero-order valence-corrected chi connectivity index (χ0v) is 20.4. The van der Waals surface area contributed by atoms with Crippen LogP contribution in [0, 0.1) is 6.92 Å². The van der Waals surface area contributed by atoms with Crippen LogP contribution in [0.15, 0.2) is 65.5 Å². The van der Waals surface area contributed by atoms with Crippen molar-refractivity contribution in [3.8, 4) is 11.5 Å². The van der Waals surface area contributed by atoms with E-state index in [-0.39, 0.29) is 28.8 Å². The minimum atomic E-state index is -0.326. The first-order valence-electron chi connectivity index (χ1n) is 10.7. The van der Waals surface area contributed by atoms with Crippen LogP contribution in [0.5, 0.6) is 11.5 Å². The molecule has 0 saturated heterocycles. The summed E-state index contributed by atoms with van der Waals surface area (Å²) in [7, 11) is 1.49. The number of aryl methyl sites for hydroxylation is 1. The predicted molar refractivity (Wildman–Crippen MR) is 139 cm³/mol. The van der Waals surface area contributed by atoms with Crippen LogP contribution in [0.2, 0.25) is 5.02 Å². The molecule has 2 heterocycles. The van der Waals surface area contributed by atoms with Gasteiger partial charge in [-0.15, -0.1) is 0 Å². The maximum atomic E-state index is 13.0. The molecule has 0 spiro atoms. The Kier molecular flexibility index (Phi) is 6.15. The molecule has 0 aliphatic heterocycles. The van der Waals surface area contributed by atoms with Gasteiger partial charge in [0, 0.05) is 5.69 Å². The van der Waals surface area contributed by atoms with Crippen molar-refractivity contribution in [2.45, 2.75) is 6.92 Å². The fourth-order valence-electron chi connectivity index (χ4n) is 3.70. The molecule has 5 rings (SSSR count). The molecule has 0 unspecified atom stereocenters. The second kappa shape index (κ2) is 9.40. The van der Waals surface area contributed by atoms with E-state index in [1.54, 1.807) is 22.6 Å². The van der Waals surface area contributed by atoms with Gasteiger partial charge in [0.2, 0.25) is 0 Å². The summed E-state index contributed by atoms with van der Waals surface area (Å²) < 4.78 is 13.2. The molecular formula is C26H20ClN3O4S. The Morgan fingerprint density at radius 3 is 2.71 bits per heavy atom. The number of ether oxygens (including phenoxy) is 2. The Bertz CT molecular complexity index is 1680. The number of halogens is 1. The van der Waals surface area contributed by atoms with E-state index in [2.05, 4.69) is 10.3 Å². The van der Waals surface area contributed by atoms with E-state index in [1.807, 2.05) is 55.5 Å². The summed E-state index contributed by atoms with van der Waals surface area (Å²) in [5, 5.41) is 3.04. The van der Waals surface area contributed by atoms with Crippen molar-refractivity contribution in [3.05, 3.63) is 91.7 Å². The van der Waals surface area contributed by atoms with Gasteiger partial charge in [0.25, 0.3) is 11.5 Å². The molecule has 0 aliphatic rings. The third kappa shape index (κ3) is 4.58. The monoisotopic (exact) mass is 505 g/mol. The van der Waals surface area contributed by atoms with E-state index >= 15 is 0 Å². The lowest BCUT2D eigenvalue weighted by Crippen LogP contribution is -2.22. The van der Waals surface area contributed by atoms with E-state index < -0.39 is 0 Å². The van der Waals surface area contributed by atoms with Crippen LogP contribution in [0.4, 0.5) is 5.69 Å². The second-order valence-corrected chi connectivity index (χ2v) is 9.29. The number of thiazole rings is 1. The topological polar surface area (TPSA) is 81.9 Å². The summed E-state index contributed by atoms with van der Waals surface area (Å²) in [6.07, 6.45) is 1.73. The van der Waals surface area contributed by atoms with Crippen LogP contribution in [0.25, 0.3) is 22.1 Å². The van der Waals surface area contributed by atoms with Crippen LogP contribution >= 0.6 is 22.9 Å². The molecule has 176 valence electrons. The SMILES string of the molecule is COc1cc(/C=c2\sc3nc4ccccc4n3c2=O)cc(Cl)c1OCC(=O)Nc1ccc(C)cc1. The number of fused-ring (bicyclic) bond motifs is 3. The number of methoxy groups -OCH3 is 1. The van der Waals surface area contributed by atoms with Gasteiger partial charge in [-0.05, 0) is 55.0 Å². The van der Waals surface area contributed by atoms with Crippen LogP contribution < -0.4 is 24.9 Å². The van der Waals surface area contributed by atoms with Gasteiger partial charge >= 0.3 is 0 Å². The maximum absolute atomic E-state index is 13.0. The largest absolute Gasteiger partial charge is 0.493 e. The van der Waals surface area contributed by atoms with Gasteiger partial charge in [0.15, 0.2) is 23.1 Å². The van der Waals surface area contributed by atoms with Crippen LogP contribution in [0.1, 0.15) is 11.1 Å². The van der Waals surface area contributed by atoms with Crippen molar-refractivity contribution < 1.29 is 14.3 Å². The molecule has 0 aliphatic carbocycles.